The van der Waals surface area contributed by atoms with E-state index in [0.29, 0.717) is 13.2 Å². The Morgan fingerprint density at radius 2 is 1.44 bits per heavy atom. The van der Waals surface area contributed by atoms with Crippen molar-refractivity contribution in [1.82, 2.24) is 10.0 Å². The second kappa shape index (κ2) is 15.3. The number of carbonyl (C=O) groups is 2. The van der Waals surface area contributed by atoms with Crippen LogP contribution in [0.4, 0.5) is 10.5 Å². The number of carbonyl (C=O) groups excluding carboxylic acids is 2. The summed E-state index contributed by atoms with van der Waals surface area (Å²) >= 11 is 0. The molecule has 0 aliphatic heterocycles. The van der Waals surface area contributed by atoms with Crippen molar-refractivity contribution in [3.63, 3.8) is 0 Å². The Morgan fingerprint density at radius 3 is 2.07 bits per heavy atom. The Labute approximate surface area is 242 Å². The van der Waals surface area contributed by atoms with Crippen molar-refractivity contribution in [2.45, 2.75) is 57.8 Å². The number of sulfonamides is 1. The molecule has 0 fully saturated rings. The third-order valence-electron chi connectivity index (χ3n) is 6.27. The first kappa shape index (κ1) is 31.8. The van der Waals surface area contributed by atoms with Crippen molar-refractivity contribution < 1.29 is 27.5 Å². The standard InChI is InChI=1S/C31H39N3O6S/c1-4-5-20-32-30(36)34-41(37,38)27-19-13-12-18-26(27)33-29(35)28(40-22-25-16-10-7-11-17-25)31(2,3)23-39-21-24-14-8-6-9-15-24/h6-19,28H,4-5,20-23H2,1-3H3,(H,33,35)(H2,32,34,36). The molecular formula is C31H39N3O6S. The molecule has 0 radical (unpaired) electrons. The van der Waals surface area contributed by atoms with Crippen LogP contribution in [-0.2, 0) is 37.5 Å². The third kappa shape index (κ3) is 10.00. The summed E-state index contributed by atoms with van der Waals surface area (Å²) < 4.78 is 40.3. The zero-order valence-electron chi connectivity index (χ0n) is 23.8. The van der Waals surface area contributed by atoms with Gasteiger partial charge in [-0.05, 0) is 29.7 Å². The number of rotatable bonds is 15. The Morgan fingerprint density at radius 1 is 0.854 bits per heavy atom. The molecule has 1 unspecified atom stereocenters. The molecule has 220 valence electrons. The summed E-state index contributed by atoms with van der Waals surface area (Å²) in [6.45, 7) is 6.76. The minimum Gasteiger partial charge on any atom is -0.376 e. The van der Waals surface area contributed by atoms with E-state index in [1.54, 1.807) is 6.07 Å². The molecule has 0 spiro atoms. The summed E-state index contributed by atoms with van der Waals surface area (Å²) in [5, 5.41) is 5.24. The van der Waals surface area contributed by atoms with E-state index in [9.17, 15) is 18.0 Å². The van der Waals surface area contributed by atoms with Crippen LogP contribution in [0.2, 0.25) is 0 Å². The van der Waals surface area contributed by atoms with Gasteiger partial charge in [-0.25, -0.2) is 17.9 Å². The molecule has 3 amide bonds. The number of anilines is 1. The molecule has 0 heterocycles. The maximum absolute atomic E-state index is 13.7. The number of urea groups is 1. The summed E-state index contributed by atoms with van der Waals surface area (Å²) in [5.41, 5.74) is 1.12. The van der Waals surface area contributed by atoms with E-state index in [4.69, 9.17) is 9.47 Å². The van der Waals surface area contributed by atoms with E-state index in [2.05, 4.69) is 10.6 Å². The van der Waals surface area contributed by atoms with Crippen LogP contribution in [0.5, 0.6) is 0 Å². The molecule has 3 aromatic carbocycles. The lowest BCUT2D eigenvalue weighted by Crippen LogP contribution is -2.45. The molecular weight excluding hydrogens is 542 g/mol. The number of nitrogens with one attached hydrogen (secondary N) is 3. The van der Waals surface area contributed by atoms with E-state index < -0.39 is 33.5 Å². The second-order valence-corrected chi connectivity index (χ2v) is 12.0. The van der Waals surface area contributed by atoms with Crippen molar-refractivity contribution in [3.05, 3.63) is 96.1 Å². The fraction of sp³-hybridized carbons (Fsp3) is 0.355. The zero-order valence-corrected chi connectivity index (χ0v) is 24.6. The van der Waals surface area contributed by atoms with Crippen molar-refractivity contribution in [2.24, 2.45) is 5.41 Å². The Balaban J connectivity index is 1.78. The van der Waals surface area contributed by atoms with Gasteiger partial charge in [-0.3, -0.25) is 4.79 Å². The maximum Gasteiger partial charge on any atom is 0.328 e. The average Bonchev–Trinajstić information content (AvgIpc) is 2.94. The van der Waals surface area contributed by atoms with Crippen molar-refractivity contribution in [1.29, 1.82) is 0 Å². The molecule has 41 heavy (non-hydrogen) atoms. The van der Waals surface area contributed by atoms with Gasteiger partial charge in [-0.1, -0.05) is 100.0 Å². The highest BCUT2D eigenvalue weighted by atomic mass is 32.2. The first-order valence-corrected chi connectivity index (χ1v) is 15.1. The van der Waals surface area contributed by atoms with Crippen LogP contribution in [-0.4, -0.2) is 39.6 Å². The van der Waals surface area contributed by atoms with Crippen molar-refractivity contribution >= 4 is 27.6 Å². The highest BCUT2D eigenvalue weighted by Gasteiger charge is 2.37. The predicted octanol–water partition coefficient (Wildman–Crippen LogP) is 5.24. The number of benzene rings is 3. The zero-order chi connectivity index (χ0) is 29.7. The van der Waals surface area contributed by atoms with Gasteiger partial charge in [0.15, 0.2) is 0 Å². The first-order chi connectivity index (χ1) is 19.6. The maximum atomic E-state index is 13.7. The normalized spacial score (nSPS) is 12.4. The van der Waals surface area contributed by atoms with E-state index in [1.165, 1.54) is 18.2 Å². The van der Waals surface area contributed by atoms with Crippen LogP contribution >= 0.6 is 0 Å². The largest absolute Gasteiger partial charge is 0.376 e. The van der Waals surface area contributed by atoms with Gasteiger partial charge >= 0.3 is 6.03 Å². The molecule has 0 bridgehead atoms. The molecule has 9 nitrogen and oxygen atoms in total. The predicted molar refractivity (Wildman–Crippen MR) is 159 cm³/mol. The fourth-order valence-corrected chi connectivity index (χ4v) is 5.18. The highest BCUT2D eigenvalue weighted by Crippen LogP contribution is 2.28. The molecule has 0 saturated carbocycles. The summed E-state index contributed by atoms with van der Waals surface area (Å²) in [5.74, 6) is -0.538. The number of amides is 3. The molecule has 0 aliphatic carbocycles. The Hall–Kier alpha value is -3.73. The molecule has 3 N–H and O–H groups in total. The molecule has 0 aliphatic rings. The lowest BCUT2D eigenvalue weighted by molar-refractivity contribution is -0.141. The molecule has 3 rings (SSSR count). The van der Waals surface area contributed by atoms with Crippen LogP contribution in [0.15, 0.2) is 89.8 Å². The van der Waals surface area contributed by atoms with Gasteiger partial charge in [0.05, 0.1) is 25.5 Å². The number of ether oxygens (including phenoxy) is 2. The third-order valence-corrected chi connectivity index (χ3v) is 7.66. The summed E-state index contributed by atoms with van der Waals surface area (Å²) in [6.07, 6.45) is 0.567. The second-order valence-electron chi connectivity index (χ2n) is 10.3. The van der Waals surface area contributed by atoms with E-state index in [1.807, 2.05) is 86.2 Å². The van der Waals surface area contributed by atoms with Gasteiger partial charge in [-0.15, -0.1) is 0 Å². The van der Waals surface area contributed by atoms with E-state index in [-0.39, 0.29) is 23.8 Å². The minimum absolute atomic E-state index is 0.0284. The summed E-state index contributed by atoms with van der Waals surface area (Å²) in [7, 11) is -4.28. The smallest absolute Gasteiger partial charge is 0.328 e. The SMILES string of the molecule is CCCCNC(=O)NS(=O)(=O)c1ccccc1NC(=O)C(OCc1ccccc1)C(C)(C)COCc1ccccc1. The van der Waals surface area contributed by atoms with Crippen LogP contribution < -0.4 is 15.4 Å². The van der Waals surface area contributed by atoms with Crippen molar-refractivity contribution in [3.8, 4) is 0 Å². The van der Waals surface area contributed by atoms with Crippen LogP contribution in [0.3, 0.4) is 0 Å². The summed E-state index contributed by atoms with van der Waals surface area (Å²) in [6, 6.07) is 24.2. The van der Waals surface area contributed by atoms with Crippen molar-refractivity contribution in [2.75, 3.05) is 18.5 Å². The van der Waals surface area contributed by atoms with Gasteiger partial charge < -0.3 is 20.1 Å². The molecule has 0 aromatic heterocycles. The van der Waals surface area contributed by atoms with Gasteiger partial charge in [0.1, 0.15) is 11.0 Å². The first-order valence-electron chi connectivity index (χ1n) is 13.6. The van der Waals surface area contributed by atoms with Gasteiger partial charge in [0.2, 0.25) is 0 Å². The lowest BCUT2D eigenvalue weighted by atomic mass is 9.86. The molecule has 10 heteroatoms. The minimum atomic E-state index is -4.28. The lowest BCUT2D eigenvalue weighted by Gasteiger charge is -2.33. The molecule has 1 atom stereocenters. The van der Waals surface area contributed by atoms with Gasteiger partial charge in [0, 0.05) is 12.0 Å². The van der Waals surface area contributed by atoms with Crippen LogP contribution in [0, 0.1) is 5.41 Å². The highest BCUT2D eigenvalue weighted by molar-refractivity contribution is 7.90. The monoisotopic (exact) mass is 581 g/mol. The number of hydrogen-bond acceptors (Lipinski definition) is 6. The van der Waals surface area contributed by atoms with E-state index in [0.717, 1.165) is 24.0 Å². The Kier molecular flexibility index (Phi) is 11.9. The van der Waals surface area contributed by atoms with Gasteiger partial charge in [0.25, 0.3) is 15.9 Å². The van der Waals surface area contributed by atoms with Crippen LogP contribution in [0.1, 0.15) is 44.7 Å². The molecule has 3 aromatic rings. The quantitative estimate of drug-likeness (QED) is 0.211. The van der Waals surface area contributed by atoms with Gasteiger partial charge in [-0.2, -0.15) is 0 Å². The van der Waals surface area contributed by atoms with Crippen LogP contribution in [0.25, 0.3) is 0 Å². The average molecular weight is 582 g/mol. The molecule has 0 saturated heterocycles. The fourth-order valence-electron chi connectivity index (χ4n) is 4.09. The topological polar surface area (TPSA) is 123 Å². The Bertz CT molecular complexity index is 1360. The number of hydrogen-bond donors (Lipinski definition) is 3. The number of unbranched alkanes of at least 4 members (excludes halogenated alkanes) is 1. The summed E-state index contributed by atoms with van der Waals surface area (Å²) in [4.78, 5) is 25.6. The number of para-hydroxylation sites is 1. The van der Waals surface area contributed by atoms with E-state index >= 15 is 0 Å².